The lowest BCUT2D eigenvalue weighted by Gasteiger charge is -2.12. The highest BCUT2D eigenvalue weighted by Crippen LogP contribution is 2.17. The minimum absolute atomic E-state index is 0. The molecule has 0 unspecified atom stereocenters. The van der Waals surface area contributed by atoms with Crippen LogP contribution in [0.1, 0.15) is 28.4 Å². The van der Waals surface area contributed by atoms with Gasteiger partial charge in [-0.3, -0.25) is 9.79 Å². The van der Waals surface area contributed by atoms with Crippen molar-refractivity contribution in [2.24, 2.45) is 4.99 Å². The summed E-state index contributed by atoms with van der Waals surface area (Å²) in [6, 6.07) is 12.3. The Kier molecular flexibility index (Phi) is 11.8. The number of para-hydroxylation sites is 1. The molecule has 0 aliphatic heterocycles. The largest absolute Gasteiger partial charge is 0.496 e. The average molecular weight is 528 g/mol. The molecular weight excluding hydrogens is 498 g/mol. The van der Waals surface area contributed by atoms with Gasteiger partial charge in [0.2, 0.25) is 0 Å². The summed E-state index contributed by atoms with van der Waals surface area (Å²) in [4.78, 5) is 16.7. The zero-order valence-corrected chi connectivity index (χ0v) is 20.0. The van der Waals surface area contributed by atoms with Crippen LogP contribution in [0.4, 0.5) is 4.39 Å². The van der Waals surface area contributed by atoms with E-state index in [-0.39, 0.29) is 35.7 Å². The maximum Gasteiger partial charge on any atom is 0.251 e. The Bertz CT molecular complexity index is 846. The molecule has 2 aromatic carbocycles. The smallest absolute Gasteiger partial charge is 0.251 e. The van der Waals surface area contributed by atoms with Crippen molar-refractivity contribution in [2.75, 3.05) is 33.3 Å². The van der Waals surface area contributed by atoms with Gasteiger partial charge in [0.25, 0.3) is 5.91 Å². The molecular formula is C22H30FIN4O2. The zero-order chi connectivity index (χ0) is 21.1. The fourth-order valence-electron chi connectivity index (χ4n) is 2.73. The number of ether oxygens (including phenoxy) is 1. The number of amides is 1. The van der Waals surface area contributed by atoms with Gasteiger partial charge in [-0.25, -0.2) is 4.39 Å². The lowest BCUT2D eigenvalue weighted by atomic mass is 10.1. The second-order valence-electron chi connectivity index (χ2n) is 6.47. The molecule has 164 valence electrons. The molecule has 0 aliphatic carbocycles. The fraction of sp³-hybridized carbons (Fsp3) is 0.364. The summed E-state index contributed by atoms with van der Waals surface area (Å²) in [5.74, 6) is 0.852. The molecule has 0 heterocycles. The summed E-state index contributed by atoms with van der Waals surface area (Å²) in [5, 5.41) is 9.13. The van der Waals surface area contributed by atoms with Crippen LogP contribution in [0.15, 0.2) is 47.5 Å². The topological polar surface area (TPSA) is 74.8 Å². The predicted octanol–water partition coefficient (Wildman–Crippen LogP) is 3.29. The Morgan fingerprint density at radius 1 is 1.10 bits per heavy atom. The molecule has 6 nitrogen and oxygen atoms in total. The van der Waals surface area contributed by atoms with Crippen LogP contribution < -0.4 is 20.7 Å². The van der Waals surface area contributed by atoms with E-state index in [1.807, 2.05) is 31.2 Å². The second kappa shape index (κ2) is 13.8. The van der Waals surface area contributed by atoms with E-state index in [0.29, 0.717) is 36.7 Å². The number of methoxy groups -OCH3 is 1. The number of carbonyl (C=O) groups is 1. The van der Waals surface area contributed by atoms with Gasteiger partial charge in [0.1, 0.15) is 11.6 Å². The number of rotatable bonds is 9. The highest BCUT2D eigenvalue weighted by molar-refractivity contribution is 14.0. The standard InChI is InChI=1S/C22H29FN4O2.HI/c1-4-24-22(26-12-11-17-7-5-6-8-20(17)29-3)27-14-13-25-21(28)18-10-9-16(2)19(23)15-18;/h5-10,15H,4,11-14H2,1-3H3,(H,25,28)(H2,24,26,27);1H. The van der Waals surface area contributed by atoms with Crippen molar-refractivity contribution in [3.05, 3.63) is 65.0 Å². The molecule has 2 rings (SSSR count). The Balaban J connectivity index is 0.00000450. The number of halogens is 2. The Morgan fingerprint density at radius 3 is 2.53 bits per heavy atom. The first-order valence-corrected chi connectivity index (χ1v) is 9.73. The minimum Gasteiger partial charge on any atom is -0.496 e. The monoisotopic (exact) mass is 528 g/mol. The van der Waals surface area contributed by atoms with Crippen molar-refractivity contribution in [3.63, 3.8) is 0 Å². The van der Waals surface area contributed by atoms with Gasteiger partial charge >= 0.3 is 0 Å². The van der Waals surface area contributed by atoms with Crippen molar-refractivity contribution in [2.45, 2.75) is 20.3 Å². The van der Waals surface area contributed by atoms with Gasteiger partial charge in [0, 0.05) is 31.7 Å². The van der Waals surface area contributed by atoms with Crippen LogP contribution in [0, 0.1) is 12.7 Å². The van der Waals surface area contributed by atoms with Crippen molar-refractivity contribution in [3.8, 4) is 5.75 Å². The molecule has 3 N–H and O–H groups in total. The number of aliphatic imine (C=N–C) groups is 1. The maximum atomic E-state index is 13.6. The van der Waals surface area contributed by atoms with Gasteiger partial charge in [0.05, 0.1) is 7.11 Å². The van der Waals surface area contributed by atoms with E-state index in [1.165, 1.54) is 6.07 Å². The first-order chi connectivity index (χ1) is 14.0. The first kappa shape index (κ1) is 25.7. The van der Waals surface area contributed by atoms with Gasteiger partial charge in [0.15, 0.2) is 5.96 Å². The highest BCUT2D eigenvalue weighted by atomic mass is 127. The molecule has 30 heavy (non-hydrogen) atoms. The Hall–Kier alpha value is -2.36. The van der Waals surface area contributed by atoms with Gasteiger partial charge in [-0.15, -0.1) is 24.0 Å². The Labute approximate surface area is 194 Å². The van der Waals surface area contributed by atoms with E-state index in [1.54, 1.807) is 26.2 Å². The lowest BCUT2D eigenvalue weighted by Crippen LogP contribution is -2.41. The molecule has 0 aliphatic rings. The summed E-state index contributed by atoms with van der Waals surface area (Å²) in [6.45, 7) is 5.88. The molecule has 0 saturated heterocycles. The number of hydrogen-bond acceptors (Lipinski definition) is 3. The normalized spacial score (nSPS) is 10.7. The van der Waals surface area contributed by atoms with Crippen LogP contribution in [-0.4, -0.2) is 45.2 Å². The third-order valence-electron chi connectivity index (χ3n) is 4.32. The molecule has 0 saturated carbocycles. The number of hydrogen-bond donors (Lipinski definition) is 3. The number of carbonyl (C=O) groups excluding carboxylic acids is 1. The molecule has 2 aromatic rings. The van der Waals surface area contributed by atoms with E-state index in [2.05, 4.69) is 20.9 Å². The van der Waals surface area contributed by atoms with Crippen LogP contribution in [0.5, 0.6) is 5.75 Å². The van der Waals surface area contributed by atoms with Crippen LogP contribution in [-0.2, 0) is 6.42 Å². The number of guanidine groups is 1. The maximum absolute atomic E-state index is 13.6. The van der Waals surface area contributed by atoms with E-state index in [9.17, 15) is 9.18 Å². The quantitative estimate of drug-likeness (QED) is 0.202. The van der Waals surface area contributed by atoms with Crippen molar-refractivity contribution < 1.29 is 13.9 Å². The van der Waals surface area contributed by atoms with Gasteiger partial charge < -0.3 is 20.7 Å². The summed E-state index contributed by atoms with van der Waals surface area (Å²) < 4.78 is 18.9. The van der Waals surface area contributed by atoms with Crippen molar-refractivity contribution >= 4 is 35.8 Å². The molecule has 1 amide bonds. The highest BCUT2D eigenvalue weighted by Gasteiger charge is 2.07. The molecule has 0 atom stereocenters. The van der Waals surface area contributed by atoms with Crippen molar-refractivity contribution in [1.29, 1.82) is 0 Å². The third kappa shape index (κ3) is 8.17. The van der Waals surface area contributed by atoms with E-state index in [0.717, 1.165) is 24.3 Å². The number of aryl methyl sites for hydroxylation is 1. The summed E-state index contributed by atoms with van der Waals surface area (Å²) in [7, 11) is 1.66. The van der Waals surface area contributed by atoms with Crippen LogP contribution >= 0.6 is 24.0 Å². The van der Waals surface area contributed by atoms with Gasteiger partial charge in [-0.05, 0) is 49.6 Å². The minimum atomic E-state index is -0.382. The van der Waals surface area contributed by atoms with E-state index >= 15 is 0 Å². The Morgan fingerprint density at radius 2 is 1.83 bits per heavy atom. The zero-order valence-electron chi connectivity index (χ0n) is 17.6. The van der Waals surface area contributed by atoms with Crippen LogP contribution in [0.3, 0.4) is 0 Å². The molecule has 8 heteroatoms. The fourth-order valence-corrected chi connectivity index (χ4v) is 2.73. The first-order valence-electron chi connectivity index (χ1n) is 9.73. The van der Waals surface area contributed by atoms with E-state index < -0.39 is 0 Å². The molecule has 0 spiro atoms. The molecule has 0 fully saturated rings. The number of benzene rings is 2. The predicted molar refractivity (Wildman–Crippen MR) is 130 cm³/mol. The SMILES string of the molecule is CCNC(=NCCc1ccccc1OC)NCCNC(=O)c1ccc(C)c(F)c1.I. The second-order valence-corrected chi connectivity index (χ2v) is 6.47. The molecule has 0 radical (unpaired) electrons. The average Bonchev–Trinajstić information content (AvgIpc) is 2.73. The van der Waals surface area contributed by atoms with Crippen LogP contribution in [0.25, 0.3) is 0 Å². The van der Waals surface area contributed by atoms with Gasteiger partial charge in [-0.1, -0.05) is 24.3 Å². The van der Waals surface area contributed by atoms with Gasteiger partial charge in [-0.2, -0.15) is 0 Å². The lowest BCUT2D eigenvalue weighted by molar-refractivity contribution is 0.0954. The molecule has 0 aromatic heterocycles. The van der Waals surface area contributed by atoms with Crippen molar-refractivity contribution in [1.82, 2.24) is 16.0 Å². The third-order valence-corrected chi connectivity index (χ3v) is 4.32. The summed E-state index contributed by atoms with van der Waals surface area (Å²) >= 11 is 0. The number of nitrogens with one attached hydrogen (secondary N) is 3. The molecule has 0 bridgehead atoms. The number of nitrogens with zero attached hydrogens (tertiary/aromatic N) is 1. The van der Waals surface area contributed by atoms with E-state index in [4.69, 9.17) is 4.74 Å². The summed E-state index contributed by atoms with van der Waals surface area (Å²) in [5.41, 5.74) is 1.93. The van der Waals surface area contributed by atoms with Crippen LogP contribution in [0.2, 0.25) is 0 Å². The summed E-state index contributed by atoms with van der Waals surface area (Å²) in [6.07, 6.45) is 0.760.